The lowest BCUT2D eigenvalue weighted by Crippen LogP contribution is -2.11. The molecule has 43 heavy (non-hydrogen) atoms. The Morgan fingerprint density at radius 2 is 1.02 bits per heavy atom. The Bertz CT molecular complexity index is 2470. The van der Waals surface area contributed by atoms with Gasteiger partial charge in [0.1, 0.15) is 16.7 Å². The summed E-state index contributed by atoms with van der Waals surface area (Å²) in [6.45, 7) is 0. The number of hydrogen-bond acceptors (Lipinski definition) is 3. The van der Waals surface area contributed by atoms with Gasteiger partial charge in [0.2, 0.25) is 0 Å². The molecule has 9 rings (SSSR count). The van der Waals surface area contributed by atoms with E-state index in [2.05, 4.69) is 132 Å². The molecule has 0 saturated carbocycles. The Morgan fingerprint density at radius 1 is 0.395 bits per heavy atom. The van der Waals surface area contributed by atoms with E-state index >= 15 is 0 Å². The molecule has 0 amide bonds. The number of benzene rings is 7. The number of para-hydroxylation sites is 2. The van der Waals surface area contributed by atoms with Crippen LogP contribution in [-0.2, 0) is 0 Å². The molecular weight excluding hydrogens is 526 g/mol. The van der Waals surface area contributed by atoms with Crippen LogP contribution in [0.15, 0.2) is 160 Å². The molecule has 2 aromatic heterocycles. The molecule has 202 valence electrons. The highest BCUT2D eigenvalue weighted by atomic mass is 16.3. The van der Waals surface area contributed by atoms with Gasteiger partial charge in [-0.05, 0) is 64.9 Å². The lowest BCUT2D eigenvalue weighted by molar-refractivity contribution is 0.669. The van der Waals surface area contributed by atoms with Crippen molar-refractivity contribution < 1.29 is 8.83 Å². The SMILES string of the molecule is c1ccc(-c2ccc3c(oc4ccccc43)c2N(c2ccc3ccccc3c2)c2ccc3oc4ccccc4c3c2)cc1. The Morgan fingerprint density at radius 3 is 1.86 bits per heavy atom. The third kappa shape index (κ3) is 3.75. The van der Waals surface area contributed by atoms with Crippen LogP contribution >= 0.6 is 0 Å². The van der Waals surface area contributed by atoms with Crippen LogP contribution in [0.2, 0.25) is 0 Å². The Balaban J connectivity index is 1.41. The van der Waals surface area contributed by atoms with E-state index in [1.165, 1.54) is 10.8 Å². The first-order valence-electron chi connectivity index (χ1n) is 14.5. The van der Waals surface area contributed by atoms with E-state index in [9.17, 15) is 0 Å². The summed E-state index contributed by atoms with van der Waals surface area (Å²) in [5, 5.41) is 6.75. The largest absolute Gasteiger partial charge is 0.456 e. The standard InChI is InChI=1S/C40H25NO2/c1-2-11-27(12-3-1)31-21-22-34-32-14-6-9-17-37(32)43-40(34)39(31)41(29-19-18-26-10-4-5-13-28(26)24-29)30-20-23-38-35(25-30)33-15-7-8-16-36(33)42-38/h1-25H. The highest BCUT2D eigenvalue weighted by Crippen LogP contribution is 2.48. The summed E-state index contributed by atoms with van der Waals surface area (Å²) in [7, 11) is 0. The maximum atomic E-state index is 6.74. The molecule has 0 aliphatic heterocycles. The quantitative estimate of drug-likeness (QED) is 0.218. The third-order valence-electron chi connectivity index (χ3n) is 8.44. The van der Waals surface area contributed by atoms with E-state index in [0.717, 1.165) is 72.1 Å². The normalized spacial score (nSPS) is 11.7. The number of hydrogen-bond donors (Lipinski definition) is 0. The first kappa shape index (κ1) is 23.9. The van der Waals surface area contributed by atoms with E-state index in [1.807, 2.05) is 24.3 Å². The predicted molar refractivity (Wildman–Crippen MR) is 179 cm³/mol. The van der Waals surface area contributed by atoms with Crippen LogP contribution in [0.25, 0.3) is 65.8 Å². The molecular formula is C40H25NO2. The van der Waals surface area contributed by atoms with Gasteiger partial charge in [-0.25, -0.2) is 0 Å². The highest BCUT2D eigenvalue weighted by molar-refractivity contribution is 6.14. The molecule has 0 atom stereocenters. The van der Waals surface area contributed by atoms with E-state index in [4.69, 9.17) is 8.83 Å². The van der Waals surface area contributed by atoms with Gasteiger partial charge in [0.05, 0.1) is 5.69 Å². The Hall–Kier alpha value is -5.80. The number of fused-ring (bicyclic) bond motifs is 7. The zero-order chi connectivity index (χ0) is 28.3. The van der Waals surface area contributed by atoms with Gasteiger partial charge in [-0.2, -0.15) is 0 Å². The molecule has 2 heterocycles. The molecule has 0 saturated heterocycles. The number of anilines is 3. The predicted octanol–water partition coefficient (Wildman–Crippen LogP) is 11.8. The van der Waals surface area contributed by atoms with Crippen molar-refractivity contribution in [2.45, 2.75) is 0 Å². The molecule has 0 fully saturated rings. The highest BCUT2D eigenvalue weighted by Gasteiger charge is 2.24. The van der Waals surface area contributed by atoms with Gasteiger partial charge in [0.25, 0.3) is 0 Å². The smallest absolute Gasteiger partial charge is 0.160 e. The Labute approximate surface area is 247 Å². The molecule has 0 spiro atoms. The second-order valence-corrected chi connectivity index (χ2v) is 10.9. The molecule has 0 unspecified atom stereocenters. The summed E-state index contributed by atoms with van der Waals surface area (Å²) in [5.74, 6) is 0. The number of furan rings is 2. The molecule has 3 heteroatoms. The molecule has 0 radical (unpaired) electrons. The minimum atomic E-state index is 0.855. The summed E-state index contributed by atoms with van der Waals surface area (Å²) in [4.78, 5) is 2.35. The fourth-order valence-electron chi connectivity index (χ4n) is 6.42. The fourth-order valence-corrected chi connectivity index (χ4v) is 6.42. The minimum absolute atomic E-state index is 0.855. The van der Waals surface area contributed by atoms with Gasteiger partial charge in [0, 0.05) is 38.5 Å². The van der Waals surface area contributed by atoms with Crippen LogP contribution in [0.3, 0.4) is 0 Å². The van der Waals surface area contributed by atoms with Crippen molar-refractivity contribution in [3.8, 4) is 11.1 Å². The topological polar surface area (TPSA) is 29.5 Å². The van der Waals surface area contributed by atoms with Crippen LogP contribution in [0, 0.1) is 0 Å². The van der Waals surface area contributed by atoms with Crippen LogP contribution < -0.4 is 4.90 Å². The second kappa shape index (κ2) is 9.37. The van der Waals surface area contributed by atoms with Gasteiger partial charge in [-0.15, -0.1) is 0 Å². The fraction of sp³-hybridized carbons (Fsp3) is 0. The van der Waals surface area contributed by atoms with Crippen molar-refractivity contribution in [3.63, 3.8) is 0 Å². The maximum Gasteiger partial charge on any atom is 0.160 e. The number of rotatable bonds is 4. The maximum absolute atomic E-state index is 6.74. The van der Waals surface area contributed by atoms with Gasteiger partial charge in [-0.3, -0.25) is 0 Å². The van der Waals surface area contributed by atoms with Gasteiger partial charge < -0.3 is 13.7 Å². The summed E-state index contributed by atoms with van der Waals surface area (Å²) >= 11 is 0. The van der Waals surface area contributed by atoms with E-state index in [-0.39, 0.29) is 0 Å². The summed E-state index contributed by atoms with van der Waals surface area (Å²) in [6.07, 6.45) is 0. The molecule has 9 aromatic rings. The molecule has 7 aromatic carbocycles. The van der Waals surface area contributed by atoms with E-state index in [0.29, 0.717) is 0 Å². The molecule has 0 N–H and O–H groups in total. The van der Waals surface area contributed by atoms with E-state index < -0.39 is 0 Å². The lowest BCUT2D eigenvalue weighted by Gasteiger charge is -2.28. The second-order valence-electron chi connectivity index (χ2n) is 10.9. The van der Waals surface area contributed by atoms with Crippen LogP contribution in [-0.4, -0.2) is 0 Å². The van der Waals surface area contributed by atoms with Crippen molar-refractivity contribution in [2.24, 2.45) is 0 Å². The first-order valence-corrected chi connectivity index (χ1v) is 14.5. The molecule has 0 aliphatic rings. The van der Waals surface area contributed by atoms with Crippen molar-refractivity contribution in [3.05, 3.63) is 152 Å². The Kier molecular flexibility index (Phi) is 5.20. The average molecular weight is 552 g/mol. The average Bonchev–Trinajstić information content (AvgIpc) is 3.64. The van der Waals surface area contributed by atoms with Crippen molar-refractivity contribution in [2.75, 3.05) is 4.90 Å². The zero-order valence-corrected chi connectivity index (χ0v) is 23.2. The first-order chi connectivity index (χ1) is 21.3. The summed E-state index contributed by atoms with van der Waals surface area (Å²) in [6, 6.07) is 53.2. The third-order valence-corrected chi connectivity index (χ3v) is 8.44. The minimum Gasteiger partial charge on any atom is -0.456 e. The van der Waals surface area contributed by atoms with Crippen LogP contribution in [0.4, 0.5) is 17.1 Å². The summed E-state index contributed by atoms with van der Waals surface area (Å²) in [5.41, 5.74) is 8.78. The lowest BCUT2D eigenvalue weighted by atomic mass is 9.98. The monoisotopic (exact) mass is 551 g/mol. The van der Waals surface area contributed by atoms with Gasteiger partial charge in [0.15, 0.2) is 5.58 Å². The van der Waals surface area contributed by atoms with Crippen molar-refractivity contribution in [1.82, 2.24) is 0 Å². The van der Waals surface area contributed by atoms with Gasteiger partial charge >= 0.3 is 0 Å². The van der Waals surface area contributed by atoms with Crippen molar-refractivity contribution in [1.29, 1.82) is 0 Å². The number of nitrogens with zero attached hydrogens (tertiary/aromatic N) is 1. The van der Waals surface area contributed by atoms with E-state index in [1.54, 1.807) is 0 Å². The molecule has 0 bridgehead atoms. The summed E-state index contributed by atoms with van der Waals surface area (Å²) < 4.78 is 13.0. The van der Waals surface area contributed by atoms with Crippen LogP contribution in [0.5, 0.6) is 0 Å². The van der Waals surface area contributed by atoms with Gasteiger partial charge in [-0.1, -0.05) is 103 Å². The van der Waals surface area contributed by atoms with Crippen LogP contribution in [0.1, 0.15) is 0 Å². The molecule has 0 aliphatic carbocycles. The molecule has 3 nitrogen and oxygen atoms in total. The zero-order valence-electron chi connectivity index (χ0n) is 23.2. The van der Waals surface area contributed by atoms with Crippen molar-refractivity contribution >= 4 is 71.7 Å².